The number of benzene rings is 7. The summed E-state index contributed by atoms with van der Waals surface area (Å²) in [7, 11) is -5.68. The van der Waals surface area contributed by atoms with Gasteiger partial charge >= 0.3 is 15.6 Å². The predicted molar refractivity (Wildman–Crippen MR) is 323 cm³/mol. The summed E-state index contributed by atoms with van der Waals surface area (Å²) >= 11 is 0. The van der Waals surface area contributed by atoms with E-state index in [2.05, 4.69) is 173 Å². The average Bonchev–Trinajstić information content (AvgIpc) is 3.64. The topological polar surface area (TPSA) is 94.9 Å². The van der Waals surface area contributed by atoms with E-state index in [9.17, 15) is 21.6 Å². The molecule has 7 aromatic carbocycles. The van der Waals surface area contributed by atoms with Gasteiger partial charge in [-0.3, -0.25) is 0 Å². The monoisotopic (exact) mass is 1490 g/mol. The quantitative estimate of drug-likeness (QED) is 0.0645. The third-order valence-corrected chi connectivity index (χ3v) is 13.3. The summed E-state index contributed by atoms with van der Waals surface area (Å²) in [5, 5.41) is 0. The molecule has 0 aliphatic carbocycles. The smallest absolute Gasteiger partial charge is 0.396 e. The molecule has 0 saturated carbocycles. The average molecular weight is 1490 g/mol. The normalized spacial score (nSPS) is 10.8. The second-order valence-electron chi connectivity index (χ2n) is 19.7. The van der Waals surface area contributed by atoms with Crippen LogP contribution >= 0.6 is 0 Å². The zero-order valence-electron chi connectivity index (χ0n) is 46.5. The van der Waals surface area contributed by atoms with Gasteiger partial charge in [-0.2, -0.15) is 21.6 Å². The van der Waals surface area contributed by atoms with Gasteiger partial charge in [-0.05, 0) is 99.5 Å². The Morgan fingerprint density at radius 2 is 0.714 bits per heavy atom. The molecule has 0 N–H and O–H groups in total. The van der Waals surface area contributed by atoms with E-state index in [1.165, 1.54) is 56.8 Å². The molecule has 0 bridgehead atoms. The standard InChI is InChI=1S/2C21H20N.C17H12N.C12H7F3NO3S.2Ir/c2*1-16(2)13-17-7-5-8-18(14-17)19-9-6-10-20(15-19)21-11-3-4-12-22-21;1-2-7-14(8-3-1)15-9-6-10-16(13-15)17-11-4-5-12-18-17;13-12(14,15)20(17,18)19-10-5-3-4-9(8-10)11-6-1-2-7-16-11;;/h2*3-9,11-12,14-16H,13H2,1-2H3;1-9,11-13H;1-3,5-8H;;/q4*-1;;. The van der Waals surface area contributed by atoms with E-state index < -0.39 is 21.4 Å². The summed E-state index contributed by atoms with van der Waals surface area (Å²) in [4.78, 5) is 17.1. The Morgan fingerprint density at radius 1 is 0.393 bits per heavy atom. The minimum absolute atomic E-state index is 0. The van der Waals surface area contributed by atoms with Crippen LogP contribution in [0.4, 0.5) is 13.2 Å². The molecule has 0 fully saturated rings. The molecule has 7 nitrogen and oxygen atoms in total. The van der Waals surface area contributed by atoms with E-state index in [-0.39, 0.29) is 40.2 Å². The Morgan fingerprint density at radius 3 is 1.06 bits per heavy atom. The molecular weight excluding hydrogens is 1430 g/mol. The van der Waals surface area contributed by atoms with E-state index in [1.54, 1.807) is 24.4 Å². The second-order valence-corrected chi connectivity index (χ2v) is 21.3. The van der Waals surface area contributed by atoms with Crippen LogP contribution in [0.25, 0.3) is 78.4 Å². The van der Waals surface area contributed by atoms with Crippen molar-refractivity contribution in [1.82, 2.24) is 19.9 Å². The Balaban J connectivity index is 0.000000179. The van der Waals surface area contributed by atoms with Crippen molar-refractivity contribution in [2.45, 2.75) is 46.0 Å². The molecule has 11 rings (SSSR count). The van der Waals surface area contributed by atoms with Crippen LogP contribution in [0.3, 0.4) is 0 Å². The number of aromatic nitrogens is 4. The molecule has 0 amide bonds. The van der Waals surface area contributed by atoms with Gasteiger partial charge in [0.1, 0.15) is 0 Å². The van der Waals surface area contributed by atoms with Crippen LogP contribution in [0.1, 0.15) is 38.8 Å². The summed E-state index contributed by atoms with van der Waals surface area (Å²) in [6.07, 6.45) is 9.15. The Bertz CT molecular complexity index is 3680. The SMILES string of the molecule is CC(C)Cc1cccc(-c2cc[c-]c(-c3ccccn3)c2)c1.CC(C)Cc1cccc(-c2cc[c-]c(-c3ccccn3)c2)c1.O=S(=O)(Oc1cc[c-]c(-c2ccccn2)c1)C(F)(F)F.[Ir].[Ir].[c-]1ccc(-c2ccccc2)cc1-c1ccccn1. The Hall–Kier alpha value is -8.02. The van der Waals surface area contributed by atoms with Crippen molar-refractivity contribution in [2.75, 3.05) is 0 Å². The number of pyridine rings is 4. The molecule has 84 heavy (non-hydrogen) atoms. The first-order chi connectivity index (χ1) is 39.7. The molecule has 0 aliphatic heterocycles. The van der Waals surface area contributed by atoms with Crippen LogP contribution in [-0.4, -0.2) is 33.9 Å². The van der Waals surface area contributed by atoms with Crippen molar-refractivity contribution in [1.29, 1.82) is 0 Å². The number of rotatable bonds is 13. The van der Waals surface area contributed by atoms with E-state index in [0.717, 1.165) is 58.7 Å². The largest absolute Gasteiger partial charge is 0.534 e. The van der Waals surface area contributed by atoms with Crippen molar-refractivity contribution in [3.05, 3.63) is 285 Å². The van der Waals surface area contributed by atoms with E-state index in [1.807, 2.05) is 103 Å². The first-order valence-corrected chi connectivity index (χ1v) is 28.1. The second kappa shape index (κ2) is 32.1. The summed E-state index contributed by atoms with van der Waals surface area (Å²) in [6.45, 7) is 9.01. The van der Waals surface area contributed by atoms with Gasteiger partial charge in [0.05, 0.1) is 5.75 Å². The molecule has 13 heteroatoms. The Kier molecular flexibility index (Phi) is 24.9. The summed E-state index contributed by atoms with van der Waals surface area (Å²) < 4.78 is 62.4. The first kappa shape index (κ1) is 65.1. The minimum Gasteiger partial charge on any atom is -0.396 e. The van der Waals surface area contributed by atoms with Crippen molar-refractivity contribution < 1.29 is 66.0 Å². The number of hydrogen-bond donors (Lipinski definition) is 0. The van der Waals surface area contributed by atoms with Gasteiger partial charge in [-0.15, -0.1) is 124 Å². The predicted octanol–water partition coefficient (Wildman–Crippen LogP) is 17.8. The van der Waals surface area contributed by atoms with Gasteiger partial charge in [-0.25, -0.2) is 0 Å². The van der Waals surface area contributed by atoms with Crippen LogP contribution < -0.4 is 4.18 Å². The maximum absolute atomic E-state index is 12.2. The molecule has 430 valence electrons. The number of alkyl halides is 3. The van der Waals surface area contributed by atoms with Crippen LogP contribution in [0.15, 0.2) is 249 Å². The summed E-state index contributed by atoms with van der Waals surface area (Å²) in [5.74, 6) is 0.883. The molecule has 0 saturated heterocycles. The van der Waals surface area contributed by atoms with Gasteiger partial charge in [-0.1, -0.05) is 167 Å². The van der Waals surface area contributed by atoms with Crippen LogP contribution in [-0.2, 0) is 63.2 Å². The fraction of sp³-hybridized carbons (Fsp3) is 0.127. The third-order valence-electron chi connectivity index (χ3n) is 12.3. The van der Waals surface area contributed by atoms with Crippen molar-refractivity contribution in [3.63, 3.8) is 0 Å². The number of hydrogen-bond acceptors (Lipinski definition) is 7. The maximum Gasteiger partial charge on any atom is 0.534 e. The zero-order chi connectivity index (χ0) is 57.7. The van der Waals surface area contributed by atoms with Crippen molar-refractivity contribution in [3.8, 4) is 84.2 Å². The molecule has 0 unspecified atom stereocenters. The van der Waals surface area contributed by atoms with E-state index >= 15 is 0 Å². The molecule has 0 spiro atoms. The number of nitrogens with zero attached hydrogens (tertiary/aromatic N) is 4. The van der Waals surface area contributed by atoms with Gasteiger partial charge in [0.2, 0.25) is 0 Å². The van der Waals surface area contributed by atoms with Crippen LogP contribution in [0, 0.1) is 36.1 Å². The van der Waals surface area contributed by atoms with Gasteiger partial charge in [0.15, 0.2) is 0 Å². The van der Waals surface area contributed by atoms with Crippen molar-refractivity contribution >= 4 is 10.1 Å². The molecule has 11 aromatic rings. The summed E-state index contributed by atoms with van der Waals surface area (Å²) in [6, 6.07) is 85.3. The van der Waals surface area contributed by atoms with Crippen molar-refractivity contribution in [2.24, 2.45) is 11.8 Å². The molecule has 0 aliphatic rings. The fourth-order valence-corrected chi connectivity index (χ4v) is 9.07. The molecule has 4 aromatic heterocycles. The number of halogens is 3. The fourth-order valence-electron chi connectivity index (χ4n) is 8.62. The van der Waals surface area contributed by atoms with Crippen LogP contribution in [0.5, 0.6) is 5.75 Å². The van der Waals surface area contributed by atoms with Crippen LogP contribution in [0.2, 0.25) is 0 Å². The molecule has 0 atom stereocenters. The minimum atomic E-state index is -5.68. The zero-order valence-corrected chi connectivity index (χ0v) is 52.1. The maximum atomic E-state index is 12.2. The van der Waals surface area contributed by atoms with Gasteiger partial charge < -0.3 is 24.1 Å². The van der Waals surface area contributed by atoms with E-state index in [4.69, 9.17) is 0 Å². The Labute approximate surface area is 519 Å². The first-order valence-electron chi connectivity index (χ1n) is 26.6. The summed E-state index contributed by atoms with van der Waals surface area (Å²) in [5.41, 5.74) is 11.4. The van der Waals surface area contributed by atoms with Gasteiger partial charge in [0, 0.05) is 65.0 Å². The van der Waals surface area contributed by atoms with Gasteiger partial charge in [0.25, 0.3) is 0 Å². The third kappa shape index (κ3) is 19.5. The molecule has 4 heterocycles. The molecule has 2 radical (unpaired) electrons. The molecular formula is C71H59F3Ir2N4O3S-4. The van der Waals surface area contributed by atoms with E-state index in [0.29, 0.717) is 23.1 Å².